The van der Waals surface area contributed by atoms with Crippen molar-refractivity contribution in [1.82, 2.24) is 5.16 Å². The van der Waals surface area contributed by atoms with Gasteiger partial charge in [-0.1, -0.05) is 30.6 Å². The fourth-order valence-electron chi connectivity index (χ4n) is 3.62. The van der Waals surface area contributed by atoms with Gasteiger partial charge in [-0.2, -0.15) is 0 Å². The lowest BCUT2D eigenvalue weighted by atomic mass is 9.85. The molecule has 4 nitrogen and oxygen atoms in total. The van der Waals surface area contributed by atoms with Crippen LogP contribution < -0.4 is 4.90 Å². The third-order valence-electron chi connectivity index (χ3n) is 4.87. The van der Waals surface area contributed by atoms with Gasteiger partial charge in [0.25, 0.3) is 0 Å². The van der Waals surface area contributed by atoms with Gasteiger partial charge in [-0.25, -0.2) is 0 Å². The molecule has 1 aliphatic rings. The van der Waals surface area contributed by atoms with E-state index in [0.29, 0.717) is 17.8 Å². The first-order valence-corrected chi connectivity index (χ1v) is 9.65. The van der Waals surface area contributed by atoms with Gasteiger partial charge < -0.3 is 4.52 Å². The highest BCUT2D eigenvalue weighted by Gasteiger charge is 2.34. The van der Waals surface area contributed by atoms with Gasteiger partial charge in [0.2, 0.25) is 5.91 Å². The Bertz CT molecular complexity index is 963. The fourth-order valence-corrected chi connectivity index (χ4v) is 4.11. The van der Waals surface area contributed by atoms with E-state index < -0.39 is 0 Å². The summed E-state index contributed by atoms with van der Waals surface area (Å²) in [7, 11) is 0. The molecule has 0 N–H and O–H groups in total. The highest BCUT2D eigenvalue weighted by atomic mass is 127. The molecule has 0 aliphatic carbocycles. The molecular formula is C20H19IN2O2. The Hall–Kier alpha value is -1.89. The van der Waals surface area contributed by atoms with Crippen molar-refractivity contribution in [3.63, 3.8) is 0 Å². The van der Waals surface area contributed by atoms with Gasteiger partial charge in [-0.15, -0.1) is 0 Å². The van der Waals surface area contributed by atoms with Gasteiger partial charge in [0.1, 0.15) is 0 Å². The molecule has 1 atom stereocenters. The van der Waals surface area contributed by atoms with E-state index in [2.05, 4.69) is 53.7 Å². The fraction of sp³-hybridized carbons (Fsp3) is 0.300. The van der Waals surface area contributed by atoms with Crippen LogP contribution in [0.5, 0.6) is 0 Å². The molecule has 1 unspecified atom stereocenters. The molecule has 1 aliphatic heterocycles. The Morgan fingerprint density at radius 3 is 2.92 bits per heavy atom. The lowest BCUT2D eigenvalue weighted by Gasteiger charge is -2.33. The van der Waals surface area contributed by atoms with Crippen molar-refractivity contribution in [2.24, 2.45) is 0 Å². The van der Waals surface area contributed by atoms with E-state index in [1.807, 2.05) is 24.3 Å². The van der Waals surface area contributed by atoms with Crippen LogP contribution in [0.1, 0.15) is 43.2 Å². The number of aromatic nitrogens is 1. The van der Waals surface area contributed by atoms with Crippen LogP contribution in [-0.4, -0.2) is 11.1 Å². The number of nitrogens with zero attached hydrogens (tertiary/aromatic N) is 2. The molecule has 0 spiro atoms. The molecule has 1 amide bonds. The quantitative estimate of drug-likeness (QED) is 0.486. The molecule has 2 heterocycles. The number of carbonyl (C=O) groups excluding carboxylic acids is 1. The number of carbonyl (C=O) groups is 1. The van der Waals surface area contributed by atoms with E-state index in [4.69, 9.17) is 4.52 Å². The van der Waals surface area contributed by atoms with Crippen molar-refractivity contribution in [1.29, 1.82) is 0 Å². The minimum atomic E-state index is 0.0885. The van der Waals surface area contributed by atoms with Gasteiger partial charge in [0, 0.05) is 9.99 Å². The topological polar surface area (TPSA) is 46.3 Å². The maximum absolute atomic E-state index is 13.0. The monoisotopic (exact) mass is 446 g/mol. The number of halogens is 1. The Kier molecular flexibility index (Phi) is 4.27. The SMILES string of the molecule is CCCC1CC(=O)N(c2noc3ccccc23)c2cc(C)c(I)cc21. The molecule has 5 heteroatoms. The first-order valence-electron chi connectivity index (χ1n) is 8.57. The molecule has 128 valence electrons. The number of anilines is 2. The molecule has 0 saturated heterocycles. The van der Waals surface area contributed by atoms with Crippen molar-refractivity contribution in [2.45, 2.75) is 39.0 Å². The van der Waals surface area contributed by atoms with Gasteiger partial charge in [0.15, 0.2) is 11.4 Å². The predicted octanol–water partition coefficient (Wildman–Crippen LogP) is 5.69. The lowest BCUT2D eigenvalue weighted by molar-refractivity contribution is -0.118. The molecule has 3 aromatic rings. The summed E-state index contributed by atoms with van der Waals surface area (Å²) in [5.74, 6) is 0.957. The first-order chi connectivity index (χ1) is 12.1. The zero-order valence-electron chi connectivity index (χ0n) is 14.3. The number of amides is 1. The minimum absolute atomic E-state index is 0.0885. The van der Waals surface area contributed by atoms with Crippen LogP contribution in [0.2, 0.25) is 0 Å². The number of hydrogen-bond acceptors (Lipinski definition) is 3. The van der Waals surface area contributed by atoms with Crippen LogP contribution in [0.25, 0.3) is 11.0 Å². The van der Waals surface area contributed by atoms with E-state index >= 15 is 0 Å². The van der Waals surface area contributed by atoms with Crippen LogP contribution in [-0.2, 0) is 4.79 Å². The summed E-state index contributed by atoms with van der Waals surface area (Å²) in [5, 5.41) is 5.09. The molecule has 0 fully saturated rings. The standard InChI is InChI=1S/C20H19IN2O2/c1-3-6-13-10-19(24)23(17-9-12(2)16(21)11-15(13)17)20-14-7-4-5-8-18(14)25-22-20/h4-5,7-9,11,13H,3,6,10H2,1-2H3. The highest BCUT2D eigenvalue weighted by Crippen LogP contribution is 2.44. The van der Waals surface area contributed by atoms with Crippen LogP contribution >= 0.6 is 22.6 Å². The Balaban J connectivity index is 1.93. The molecule has 4 rings (SSSR count). The zero-order chi connectivity index (χ0) is 17.6. The van der Waals surface area contributed by atoms with E-state index in [9.17, 15) is 4.79 Å². The van der Waals surface area contributed by atoms with Crippen LogP contribution in [0, 0.1) is 10.5 Å². The number of benzene rings is 2. The number of aryl methyl sites for hydroxylation is 1. The van der Waals surface area contributed by atoms with E-state index in [-0.39, 0.29) is 11.8 Å². The molecular weight excluding hydrogens is 427 g/mol. The summed E-state index contributed by atoms with van der Waals surface area (Å²) in [4.78, 5) is 14.8. The summed E-state index contributed by atoms with van der Waals surface area (Å²) in [6.07, 6.45) is 2.60. The second kappa shape index (κ2) is 6.44. The maximum atomic E-state index is 13.0. The van der Waals surface area contributed by atoms with Crippen molar-refractivity contribution in [3.8, 4) is 0 Å². The summed E-state index contributed by atoms with van der Waals surface area (Å²) in [6, 6.07) is 12.0. The van der Waals surface area contributed by atoms with Crippen LogP contribution in [0.15, 0.2) is 40.9 Å². The smallest absolute Gasteiger partial charge is 0.233 e. The van der Waals surface area contributed by atoms with Crippen molar-refractivity contribution >= 4 is 51.0 Å². The summed E-state index contributed by atoms with van der Waals surface area (Å²) in [6.45, 7) is 4.25. The second-order valence-electron chi connectivity index (χ2n) is 6.58. The zero-order valence-corrected chi connectivity index (χ0v) is 16.4. The van der Waals surface area contributed by atoms with Crippen LogP contribution in [0.3, 0.4) is 0 Å². The van der Waals surface area contributed by atoms with Crippen molar-refractivity contribution in [3.05, 3.63) is 51.1 Å². The first kappa shape index (κ1) is 16.6. The molecule has 1 aromatic heterocycles. The number of rotatable bonds is 3. The number of fused-ring (bicyclic) bond motifs is 2. The third kappa shape index (κ3) is 2.74. The summed E-state index contributed by atoms with van der Waals surface area (Å²) >= 11 is 2.37. The number of para-hydroxylation sites is 1. The van der Waals surface area contributed by atoms with Gasteiger partial charge >= 0.3 is 0 Å². The normalized spacial score (nSPS) is 17.2. The molecule has 0 saturated carbocycles. The molecule has 0 radical (unpaired) electrons. The minimum Gasteiger partial charge on any atom is -0.354 e. The lowest BCUT2D eigenvalue weighted by Crippen LogP contribution is -2.33. The Morgan fingerprint density at radius 1 is 1.32 bits per heavy atom. The predicted molar refractivity (Wildman–Crippen MR) is 107 cm³/mol. The second-order valence-corrected chi connectivity index (χ2v) is 7.74. The van der Waals surface area contributed by atoms with Gasteiger partial charge in [-0.05, 0) is 77.2 Å². The largest absolute Gasteiger partial charge is 0.354 e. The average Bonchev–Trinajstić information content (AvgIpc) is 3.01. The number of hydrogen-bond donors (Lipinski definition) is 0. The van der Waals surface area contributed by atoms with E-state index in [1.54, 1.807) is 4.90 Å². The van der Waals surface area contributed by atoms with Gasteiger partial charge in [-0.3, -0.25) is 9.69 Å². The van der Waals surface area contributed by atoms with Crippen LogP contribution in [0.4, 0.5) is 11.5 Å². The molecule has 0 bridgehead atoms. The third-order valence-corrected chi connectivity index (χ3v) is 6.03. The average molecular weight is 446 g/mol. The Morgan fingerprint density at radius 2 is 2.12 bits per heavy atom. The summed E-state index contributed by atoms with van der Waals surface area (Å²) in [5.41, 5.74) is 4.06. The maximum Gasteiger partial charge on any atom is 0.233 e. The van der Waals surface area contributed by atoms with Crippen molar-refractivity contribution < 1.29 is 9.32 Å². The molecule has 2 aromatic carbocycles. The van der Waals surface area contributed by atoms with E-state index in [0.717, 1.165) is 23.9 Å². The highest BCUT2D eigenvalue weighted by molar-refractivity contribution is 14.1. The molecule has 25 heavy (non-hydrogen) atoms. The van der Waals surface area contributed by atoms with Crippen molar-refractivity contribution in [2.75, 3.05) is 4.90 Å². The van der Waals surface area contributed by atoms with E-state index in [1.165, 1.54) is 14.7 Å². The van der Waals surface area contributed by atoms with Gasteiger partial charge in [0.05, 0.1) is 11.1 Å². The summed E-state index contributed by atoms with van der Waals surface area (Å²) < 4.78 is 6.68. The Labute approximate surface area is 160 Å².